The highest BCUT2D eigenvalue weighted by molar-refractivity contribution is 5.61. The molecule has 1 aliphatic rings. The maximum absolute atomic E-state index is 8.96. The summed E-state index contributed by atoms with van der Waals surface area (Å²) >= 11 is 0. The number of nitrogens with zero attached hydrogens (tertiary/aromatic N) is 2. The van der Waals surface area contributed by atoms with Gasteiger partial charge in [0.05, 0.1) is 11.6 Å². The molecule has 0 atom stereocenters. The molecule has 0 spiro atoms. The van der Waals surface area contributed by atoms with Gasteiger partial charge in [0.25, 0.3) is 0 Å². The predicted octanol–water partition coefficient (Wildman–Crippen LogP) is 3.40. The molecule has 0 unspecified atom stereocenters. The van der Waals surface area contributed by atoms with Gasteiger partial charge in [-0.1, -0.05) is 6.07 Å². The number of nitrogen functional groups attached to an aromatic ring is 1. The van der Waals surface area contributed by atoms with Crippen molar-refractivity contribution >= 4 is 11.4 Å². The topological polar surface area (TPSA) is 53.0 Å². The van der Waals surface area contributed by atoms with Crippen LogP contribution in [0.3, 0.4) is 0 Å². The molecule has 0 bridgehead atoms. The van der Waals surface area contributed by atoms with Crippen LogP contribution in [-0.4, -0.2) is 6.54 Å². The predicted molar refractivity (Wildman–Crippen MR) is 86.1 cm³/mol. The van der Waals surface area contributed by atoms with Gasteiger partial charge in [0.2, 0.25) is 0 Å². The number of anilines is 2. The molecule has 21 heavy (non-hydrogen) atoms. The molecular formula is C18H19N3. The fourth-order valence-corrected chi connectivity index (χ4v) is 3.01. The van der Waals surface area contributed by atoms with Crippen LogP contribution in [0.4, 0.5) is 11.4 Å². The summed E-state index contributed by atoms with van der Waals surface area (Å²) in [6.45, 7) is 4.02. The minimum Gasteiger partial charge on any atom is -0.399 e. The number of nitriles is 1. The summed E-state index contributed by atoms with van der Waals surface area (Å²) in [6, 6.07) is 14.3. The minimum absolute atomic E-state index is 0.725. The number of rotatable bonds is 2. The molecule has 3 nitrogen and oxygen atoms in total. The third-order valence-corrected chi connectivity index (χ3v) is 4.15. The molecule has 0 radical (unpaired) electrons. The molecule has 0 saturated carbocycles. The van der Waals surface area contributed by atoms with E-state index in [0.29, 0.717) is 0 Å². The van der Waals surface area contributed by atoms with Crippen LogP contribution in [0.1, 0.15) is 28.7 Å². The first-order valence-electron chi connectivity index (χ1n) is 7.30. The summed E-state index contributed by atoms with van der Waals surface area (Å²) < 4.78 is 0. The molecular weight excluding hydrogens is 258 g/mol. The second-order valence-corrected chi connectivity index (χ2v) is 5.67. The lowest BCUT2D eigenvalue weighted by molar-refractivity contribution is 0.690. The first kappa shape index (κ1) is 13.5. The summed E-state index contributed by atoms with van der Waals surface area (Å²) in [5, 5.41) is 8.96. The van der Waals surface area contributed by atoms with E-state index in [-0.39, 0.29) is 0 Å². The summed E-state index contributed by atoms with van der Waals surface area (Å²) in [5.41, 5.74) is 12.5. The second kappa shape index (κ2) is 5.49. The number of aryl methyl sites for hydroxylation is 2. The average Bonchev–Trinajstić information content (AvgIpc) is 2.49. The van der Waals surface area contributed by atoms with Crippen LogP contribution in [-0.2, 0) is 13.0 Å². The zero-order chi connectivity index (χ0) is 14.8. The van der Waals surface area contributed by atoms with E-state index in [2.05, 4.69) is 36.1 Å². The quantitative estimate of drug-likeness (QED) is 0.856. The Morgan fingerprint density at radius 2 is 2.10 bits per heavy atom. The van der Waals surface area contributed by atoms with Crippen molar-refractivity contribution in [1.29, 1.82) is 5.26 Å². The Hall–Kier alpha value is -2.47. The van der Waals surface area contributed by atoms with Crippen LogP contribution in [0.5, 0.6) is 0 Å². The maximum Gasteiger partial charge on any atom is 0.0991 e. The van der Waals surface area contributed by atoms with Gasteiger partial charge in [-0.2, -0.15) is 5.26 Å². The minimum atomic E-state index is 0.725. The lowest BCUT2D eigenvalue weighted by Gasteiger charge is -2.32. The Morgan fingerprint density at radius 3 is 2.86 bits per heavy atom. The van der Waals surface area contributed by atoms with E-state index in [4.69, 9.17) is 11.0 Å². The van der Waals surface area contributed by atoms with Gasteiger partial charge in [0.15, 0.2) is 0 Å². The van der Waals surface area contributed by atoms with Gasteiger partial charge in [0, 0.05) is 24.5 Å². The fraction of sp³-hybridized carbons (Fsp3) is 0.278. The largest absolute Gasteiger partial charge is 0.399 e. The Kier molecular flexibility index (Phi) is 3.53. The molecule has 0 fully saturated rings. The molecule has 2 aromatic carbocycles. The lowest BCUT2D eigenvalue weighted by Crippen LogP contribution is -2.29. The normalized spacial score (nSPS) is 13.6. The average molecular weight is 277 g/mol. The van der Waals surface area contributed by atoms with Crippen LogP contribution < -0.4 is 10.6 Å². The molecule has 1 aliphatic heterocycles. The Labute approximate surface area is 125 Å². The van der Waals surface area contributed by atoms with Gasteiger partial charge >= 0.3 is 0 Å². The summed E-state index contributed by atoms with van der Waals surface area (Å²) in [6.07, 6.45) is 2.26. The van der Waals surface area contributed by atoms with Crippen molar-refractivity contribution in [3.8, 4) is 6.07 Å². The Balaban J connectivity index is 1.89. The van der Waals surface area contributed by atoms with Crippen molar-refractivity contribution in [2.24, 2.45) is 0 Å². The van der Waals surface area contributed by atoms with E-state index < -0.39 is 0 Å². The van der Waals surface area contributed by atoms with Crippen molar-refractivity contribution in [3.05, 3.63) is 58.7 Å². The molecule has 106 valence electrons. The SMILES string of the molecule is Cc1cc(C#N)ccc1CN1CCCc2cc(N)ccc21. The summed E-state index contributed by atoms with van der Waals surface area (Å²) in [4.78, 5) is 2.41. The van der Waals surface area contributed by atoms with Crippen molar-refractivity contribution in [2.45, 2.75) is 26.3 Å². The highest BCUT2D eigenvalue weighted by Gasteiger charge is 2.17. The van der Waals surface area contributed by atoms with Crippen LogP contribution in [0.2, 0.25) is 0 Å². The molecule has 2 aromatic rings. The lowest BCUT2D eigenvalue weighted by atomic mass is 9.99. The zero-order valence-electron chi connectivity index (χ0n) is 12.3. The fourth-order valence-electron chi connectivity index (χ4n) is 3.01. The highest BCUT2D eigenvalue weighted by atomic mass is 15.1. The van der Waals surface area contributed by atoms with Gasteiger partial charge in [-0.3, -0.25) is 0 Å². The molecule has 3 rings (SSSR count). The molecule has 0 amide bonds. The van der Waals surface area contributed by atoms with E-state index in [0.717, 1.165) is 37.2 Å². The third kappa shape index (κ3) is 2.71. The second-order valence-electron chi connectivity index (χ2n) is 5.67. The number of fused-ring (bicyclic) bond motifs is 1. The molecule has 0 saturated heterocycles. The van der Waals surface area contributed by atoms with Crippen molar-refractivity contribution < 1.29 is 0 Å². The summed E-state index contributed by atoms with van der Waals surface area (Å²) in [7, 11) is 0. The Bertz CT molecular complexity index is 713. The molecule has 2 N–H and O–H groups in total. The van der Waals surface area contributed by atoms with Gasteiger partial charge in [-0.15, -0.1) is 0 Å². The van der Waals surface area contributed by atoms with E-state index in [1.807, 2.05) is 18.2 Å². The standard InChI is InChI=1S/C18H19N3/c1-13-9-14(11-19)4-5-16(13)12-21-8-2-3-15-10-17(20)6-7-18(15)21/h4-7,9-10H,2-3,8,12,20H2,1H3. The highest BCUT2D eigenvalue weighted by Crippen LogP contribution is 2.30. The number of nitrogens with two attached hydrogens (primary N) is 1. The molecule has 3 heteroatoms. The number of hydrogen-bond donors (Lipinski definition) is 1. The van der Waals surface area contributed by atoms with E-state index in [9.17, 15) is 0 Å². The molecule has 0 aromatic heterocycles. The number of benzene rings is 2. The number of hydrogen-bond acceptors (Lipinski definition) is 3. The first-order valence-corrected chi connectivity index (χ1v) is 7.30. The van der Waals surface area contributed by atoms with Gasteiger partial charge in [0.1, 0.15) is 0 Å². The van der Waals surface area contributed by atoms with Gasteiger partial charge in [-0.25, -0.2) is 0 Å². The monoisotopic (exact) mass is 277 g/mol. The van der Waals surface area contributed by atoms with Crippen LogP contribution in [0.15, 0.2) is 36.4 Å². The summed E-state index contributed by atoms with van der Waals surface area (Å²) in [5.74, 6) is 0. The van der Waals surface area contributed by atoms with Crippen LogP contribution in [0, 0.1) is 18.3 Å². The van der Waals surface area contributed by atoms with Crippen LogP contribution >= 0.6 is 0 Å². The van der Waals surface area contributed by atoms with Gasteiger partial charge in [-0.05, 0) is 66.8 Å². The maximum atomic E-state index is 8.96. The third-order valence-electron chi connectivity index (χ3n) is 4.15. The van der Waals surface area contributed by atoms with Crippen LogP contribution in [0.25, 0.3) is 0 Å². The molecule has 0 aliphatic carbocycles. The van der Waals surface area contributed by atoms with Crippen molar-refractivity contribution in [3.63, 3.8) is 0 Å². The van der Waals surface area contributed by atoms with Crippen molar-refractivity contribution in [1.82, 2.24) is 0 Å². The van der Waals surface area contributed by atoms with E-state index in [1.54, 1.807) is 0 Å². The zero-order valence-corrected chi connectivity index (χ0v) is 12.3. The first-order chi connectivity index (χ1) is 10.2. The van der Waals surface area contributed by atoms with Gasteiger partial charge < -0.3 is 10.6 Å². The Morgan fingerprint density at radius 1 is 1.24 bits per heavy atom. The smallest absolute Gasteiger partial charge is 0.0991 e. The van der Waals surface area contributed by atoms with E-state index in [1.165, 1.54) is 22.4 Å². The van der Waals surface area contributed by atoms with E-state index >= 15 is 0 Å². The van der Waals surface area contributed by atoms with Crippen molar-refractivity contribution in [2.75, 3.05) is 17.2 Å². The molecule has 1 heterocycles.